The number of benzene rings is 3. The minimum absolute atomic E-state index is 0.117. The molecule has 0 fully saturated rings. The van der Waals surface area contributed by atoms with E-state index in [4.69, 9.17) is 37.7 Å². The van der Waals surface area contributed by atoms with Gasteiger partial charge in [-0.15, -0.1) is 0 Å². The number of ether oxygens (including phenoxy) is 1. The van der Waals surface area contributed by atoms with E-state index in [1.54, 1.807) is 18.2 Å². The third-order valence-electron chi connectivity index (χ3n) is 6.01. The van der Waals surface area contributed by atoms with Gasteiger partial charge in [0, 0.05) is 30.8 Å². The Morgan fingerprint density at radius 1 is 1.06 bits per heavy atom. The smallest absolute Gasteiger partial charge is 0.146 e. The van der Waals surface area contributed by atoms with Crippen LogP contribution in [0, 0.1) is 18.3 Å². The van der Waals surface area contributed by atoms with Gasteiger partial charge < -0.3 is 14.2 Å². The van der Waals surface area contributed by atoms with Gasteiger partial charge in [-0.3, -0.25) is 0 Å². The maximum atomic E-state index is 9.00. The van der Waals surface area contributed by atoms with Crippen molar-refractivity contribution in [2.24, 2.45) is 0 Å². The zero-order valence-corrected chi connectivity index (χ0v) is 22.2. The van der Waals surface area contributed by atoms with Crippen molar-refractivity contribution in [1.29, 1.82) is 5.26 Å². The van der Waals surface area contributed by atoms with Gasteiger partial charge in [-0.25, -0.2) is 0 Å². The molecule has 4 rings (SSSR count). The lowest BCUT2D eigenvalue weighted by molar-refractivity contribution is 0.298. The third-order valence-corrected chi connectivity index (χ3v) is 6.64. The zero-order chi connectivity index (χ0) is 25.8. The molecule has 0 saturated heterocycles. The number of halogens is 2. The molecule has 1 heterocycles. The number of anilines is 1. The van der Waals surface area contributed by atoms with Gasteiger partial charge >= 0.3 is 0 Å². The number of aromatic nitrogens is 1. The number of hydrogen-bond acceptors (Lipinski definition) is 5. The molecule has 4 aromatic rings. The second-order valence-corrected chi connectivity index (χ2v) is 9.84. The highest BCUT2D eigenvalue weighted by molar-refractivity contribution is 6.39. The Morgan fingerprint density at radius 2 is 1.75 bits per heavy atom. The van der Waals surface area contributed by atoms with Crippen molar-refractivity contribution in [2.45, 2.75) is 39.8 Å². The van der Waals surface area contributed by atoms with E-state index in [2.05, 4.69) is 29.1 Å². The first-order chi connectivity index (χ1) is 17.3. The van der Waals surface area contributed by atoms with Gasteiger partial charge in [0.2, 0.25) is 0 Å². The van der Waals surface area contributed by atoms with Gasteiger partial charge in [-0.1, -0.05) is 60.4 Å². The third kappa shape index (κ3) is 5.51. The van der Waals surface area contributed by atoms with Crippen molar-refractivity contribution in [3.05, 3.63) is 98.7 Å². The number of nitriles is 1. The predicted molar refractivity (Wildman–Crippen MR) is 145 cm³/mol. The van der Waals surface area contributed by atoms with E-state index >= 15 is 0 Å². The first-order valence-corrected chi connectivity index (χ1v) is 12.4. The van der Waals surface area contributed by atoms with Crippen molar-refractivity contribution in [2.75, 3.05) is 11.9 Å². The molecule has 0 bridgehead atoms. The zero-order valence-electron chi connectivity index (χ0n) is 20.7. The summed E-state index contributed by atoms with van der Waals surface area (Å²) in [5.74, 6) is 1.61. The average molecular weight is 520 g/mol. The van der Waals surface area contributed by atoms with Crippen LogP contribution in [-0.2, 0) is 13.2 Å². The van der Waals surface area contributed by atoms with E-state index in [1.165, 1.54) is 0 Å². The number of hydrogen-bond donors (Lipinski definition) is 0. The summed E-state index contributed by atoms with van der Waals surface area (Å²) in [6, 6.07) is 21.2. The van der Waals surface area contributed by atoms with E-state index in [1.807, 2.05) is 57.3 Å². The molecule has 0 unspecified atom stereocenters. The normalized spacial score (nSPS) is 10.9. The summed E-state index contributed by atoms with van der Waals surface area (Å²) in [5.41, 5.74) is 6.06. The SMILES string of the molecule is Cc1cc(OCc2c(-c3c(Cl)cccc3Cl)noc2C(C)C)ccc1N(C)Cc1ccc(C#N)cc1. The molecule has 7 heteroatoms. The lowest BCUT2D eigenvalue weighted by Crippen LogP contribution is -2.17. The van der Waals surface area contributed by atoms with Crippen molar-refractivity contribution < 1.29 is 9.26 Å². The van der Waals surface area contributed by atoms with Crippen LogP contribution in [0.3, 0.4) is 0 Å². The van der Waals surface area contributed by atoms with Crippen LogP contribution in [-0.4, -0.2) is 12.2 Å². The fourth-order valence-corrected chi connectivity index (χ4v) is 4.76. The van der Waals surface area contributed by atoms with Crippen LogP contribution in [0.2, 0.25) is 10.0 Å². The van der Waals surface area contributed by atoms with Gasteiger partial charge in [0.15, 0.2) is 0 Å². The molecule has 0 aliphatic carbocycles. The van der Waals surface area contributed by atoms with Crippen LogP contribution in [0.1, 0.15) is 47.8 Å². The lowest BCUT2D eigenvalue weighted by Gasteiger charge is -2.22. The van der Waals surface area contributed by atoms with Crippen LogP contribution in [0.5, 0.6) is 5.75 Å². The molecule has 5 nitrogen and oxygen atoms in total. The molecule has 184 valence electrons. The lowest BCUT2D eigenvalue weighted by atomic mass is 10.0. The highest BCUT2D eigenvalue weighted by Crippen LogP contribution is 2.39. The molecule has 0 aliphatic heterocycles. The largest absolute Gasteiger partial charge is 0.489 e. The monoisotopic (exact) mass is 519 g/mol. The summed E-state index contributed by atoms with van der Waals surface area (Å²) >= 11 is 12.9. The van der Waals surface area contributed by atoms with Crippen molar-refractivity contribution in [3.63, 3.8) is 0 Å². The maximum Gasteiger partial charge on any atom is 0.146 e. The first-order valence-electron chi connectivity index (χ1n) is 11.6. The van der Waals surface area contributed by atoms with Crippen LogP contribution in [0.25, 0.3) is 11.3 Å². The standard InChI is InChI=1S/C29H27Cl2N3O2/c1-18(2)29-23(28(33-36-29)27-24(30)6-5-7-25(27)31)17-35-22-12-13-26(19(3)14-22)34(4)16-21-10-8-20(15-32)9-11-21/h5-14,18H,16-17H2,1-4H3. The van der Waals surface area contributed by atoms with Crippen LogP contribution >= 0.6 is 23.2 Å². The Labute approximate surface area is 221 Å². The molecule has 0 atom stereocenters. The fraction of sp³-hybridized carbons (Fsp3) is 0.241. The molecular formula is C29H27Cl2N3O2. The number of aryl methyl sites for hydroxylation is 1. The molecule has 0 saturated carbocycles. The Balaban J connectivity index is 1.53. The van der Waals surface area contributed by atoms with Gasteiger partial charge in [0.1, 0.15) is 23.8 Å². The molecule has 0 amide bonds. The van der Waals surface area contributed by atoms with Gasteiger partial charge in [0.05, 0.1) is 27.2 Å². The predicted octanol–water partition coefficient (Wildman–Crippen LogP) is 8.17. The van der Waals surface area contributed by atoms with E-state index in [9.17, 15) is 0 Å². The number of rotatable bonds is 8. The van der Waals surface area contributed by atoms with E-state index in [-0.39, 0.29) is 12.5 Å². The van der Waals surface area contributed by atoms with Crippen LogP contribution in [0.15, 0.2) is 65.2 Å². The summed E-state index contributed by atoms with van der Waals surface area (Å²) in [6.07, 6.45) is 0. The molecule has 0 spiro atoms. The Kier molecular flexibility index (Phi) is 7.88. The Bertz CT molecular complexity index is 1390. The molecular weight excluding hydrogens is 493 g/mol. The van der Waals surface area contributed by atoms with E-state index in [0.29, 0.717) is 26.9 Å². The highest BCUT2D eigenvalue weighted by Gasteiger charge is 2.24. The van der Waals surface area contributed by atoms with Gasteiger partial charge in [0.25, 0.3) is 0 Å². The summed E-state index contributed by atoms with van der Waals surface area (Å²) in [6.45, 7) is 7.15. The summed E-state index contributed by atoms with van der Waals surface area (Å²) in [4.78, 5) is 2.18. The Hall–Kier alpha value is -3.46. The fourth-order valence-electron chi connectivity index (χ4n) is 4.18. The first kappa shape index (κ1) is 25.6. The highest BCUT2D eigenvalue weighted by atomic mass is 35.5. The second kappa shape index (κ2) is 11.1. The molecule has 36 heavy (non-hydrogen) atoms. The molecule has 1 aromatic heterocycles. The van der Waals surface area contributed by atoms with Crippen LogP contribution in [0.4, 0.5) is 5.69 Å². The van der Waals surface area contributed by atoms with Crippen molar-refractivity contribution in [3.8, 4) is 23.1 Å². The quantitative estimate of drug-likeness (QED) is 0.235. The summed E-state index contributed by atoms with van der Waals surface area (Å²) in [5, 5.41) is 14.3. The molecule has 3 aromatic carbocycles. The van der Waals surface area contributed by atoms with Gasteiger partial charge in [-0.2, -0.15) is 5.26 Å². The van der Waals surface area contributed by atoms with E-state index in [0.717, 1.165) is 40.4 Å². The molecule has 0 N–H and O–H groups in total. The minimum atomic E-state index is 0.117. The Morgan fingerprint density at radius 3 is 2.36 bits per heavy atom. The number of nitrogens with zero attached hydrogens (tertiary/aromatic N) is 3. The minimum Gasteiger partial charge on any atom is -0.489 e. The van der Waals surface area contributed by atoms with Crippen molar-refractivity contribution in [1.82, 2.24) is 5.16 Å². The topological polar surface area (TPSA) is 62.3 Å². The second-order valence-electron chi connectivity index (χ2n) is 9.03. The van der Waals surface area contributed by atoms with Crippen LogP contribution < -0.4 is 9.64 Å². The average Bonchev–Trinajstić information content (AvgIpc) is 3.27. The van der Waals surface area contributed by atoms with Crippen molar-refractivity contribution >= 4 is 28.9 Å². The molecule has 0 radical (unpaired) electrons. The maximum absolute atomic E-state index is 9.00. The summed E-state index contributed by atoms with van der Waals surface area (Å²) < 4.78 is 11.9. The molecule has 0 aliphatic rings. The van der Waals surface area contributed by atoms with Gasteiger partial charge in [-0.05, 0) is 60.5 Å². The van der Waals surface area contributed by atoms with E-state index < -0.39 is 0 Å². The summed E-state index contributed by atoms with van der Waals surface area (Å²) in [7, 11) is 2.05.